The number of piperazine rings is 1. The van der Waals surface area contributed by atoms with E-state index in [0.29, 0.717) is 30.6 Å². The van der Waals surface area contributed by atoms with Crippen LogP contribution in [0.4, 0.5) is 15.9 Å². The highest BCUT2D eigenvalue weighted by Gasteiger charge is 2.41. The van der Waals surface area contributed by atoms with Crippen molar-refractivity contribution in [2.75, 3.05) is 36.5 Å². The lowest BCUT2D eigenvalue weighted by Gasteiger charge is -2.47. The number of fused-ring (bicyclic) bond motifs is 3. The van der Waals surface area contributed by atoms with Gasteiger partial charge in [0.15, 0.2) is 5.82 Å². The van der Waals surface area contributed by atoms with Crippen molar-refractivity contribution in [3.63, 3.8) is 0 Å². The lowest BCUT2D eigenvalue weighted by atomic mass is 10.0. The molecule has 1 saturated heterocycles. The molecule has 0 N–H and O–H groups in total. The minimum Gasteiger partial charge on any atom is -0.340 e. The number of carbonyl (C=O) groups is 1. The molecule has 1 fully saturated rings. The molecule has 0 bridgehead atoms. The number of rotatable bonds is 1. The molecule has 1 aromatic heterocycles. The SMILES string of the molecule is CC(C)N1CCN2c3nc(F)c(Cl)cc3N(C)C(=O)C2C1. The molecule has 1 aromatic rings. The first kappa shape index (κ1) is 14.5. The zero-order chi connectivity index (χ0) is 15.3. The molecule has 0 aliphatic carbocycles. The number of hydrogen-bond donors (Lipinski definition) is 0. The predicted molar refractivity (Wildman–Crippen MR) is 80.5 cm³/mol. The van der Waals surface area contributed by atoms with Gasteiger partial charge in [-0.15, -0.1) is 0 Å². The zero-order valence-corrected chi connectivity index (χ0v) is 13.1. The van der Waals surface area contributed by atoms with Crippen molar-refractivity contribution in [1.82, 2.24) is 9.88 Å². The summed E-state index contributed by atoms with van der Waals surface area (Å²) >= 11 is 5.80. The number of aromatic nitrogens is 1. The van der Waals surface area contributed by atoms with E-state index >= 15 is 0 Å². The summed E-state index contributed by atoms with van der Waals surface area (Å²) in [6, 6.07) is 1.54. The smallest absolute Gasteiger partial charge is 0.250 e. The Morgan fingerprint density at radius 2 is 2.14 bits per heavy atom. The van der Waals surface area contributed by atoms with Gasteiger partial charge < -0.3 is 9.80 Å². The maximum Gasteiger partial charge on any atom is 0.250 e. The standard InChI is InChI=1S/C14H18ClFN4O/c1-8(2)19-4-5-20-11(7-19)14(21)18(3)10-6-9(15)12(16)17-13(10)20/h6,8,11H,4-5,7H2,1-3H3. The lowest BCUT2D eigenvalue weighted by molar-refractivity contribution is -0.121. The fourth-order valence-corrected chi connectivity index (χ4v) is 3.13. The van der Waals surface area contributed by atoms with Gasteiger partial charge in [-0.3, -0.25) is 9.69 Å². The van der Waals surface area contributed by atoms with Crippen molar-refractivity contribution in [3.05, 3.63) is 17.0 Å². The summed E-state index contributed by atoms with van der Waals surface area (Å²) < 4.78 is 13.7. The largest absolute Gasteiger partial charge is 0.340 e. The maximum absolute atomic E-state index is 13.7. The zero-order valence-electron chi connectivity index (χ0n) is 12.3. The van der Waals surface area contributed by atoms with Gasteiger partial charge in [0.2, 0.25) is 5.95 Å². The third-order valence-electron chi connectivity index (χ3n) is 4.28. The monoisotopic (exact) mass is 312 g/mol. The van der Waals surface area contributed by atoms with Crippen molar-refractivity contribution in [2.24, 2.45) is 0 Å². The van der Waals surface area contributed by atoms with Crippen LogP contribution in [-0.4, -0.2) is 54.6 Å². The first-order valence-electron chi connectivity index (χ1n) is 7.04. The summed E-state index contributed by atoms with van der Waals surface area (Å²) in [5.74, 6) is -0.187. The van der Waals surface area contributed by atoms with Crippen LogP contribution in [0.5, 0.6) is 0 Å². The Kier molecular flexibility index (Phi) is 3.53. The summed E-state index contributed by atoms with van der Waals surface area (Å²) in [5, 5.41) is -0.0623. The van der Waals surface area contributed by atoms with Crippen LogP contribution >= 0.6 is 11.6 Å². The van der Waals surface area contributed by atoms with Crippen molar-refractivity contribution in [2.45, 2.75) is 25.9 Å². The molecular weight excluding hydrogens is 295 g/mol. The number of amides is 1. The molecule has 3 heterocycles. The fraction of sp³-hybridized carbons (Fsp3) is 0.571. The van der Waals surface area contributed by atoms with Crippen LogP contribution in [0.3, 0.4) is 0 Å². The number of carbonyl (C=O) groups excluding carboxylic acids is 1. The Morgan fingerprint density at radius 1 is 1.43 bits per heavy atom. The molecule has 1 unspecified atom stereocenters. The van der Waals surface area contributed by atoms with E-state index in [1.165, 1.54) is 11.0 Å². The Hall–Kier alpha value is -1.40. The van der Waals surface area contributed by atoms with E-state index in [1.54, 1.807) is 7.05 Å². The molecule has 1 atom stereocenters. The van der Waals surface area contributed by atoms with E-state index < -0.39 is 5.95 Å². The summed E-state index contributed by atoms with van der Waals surface area (Å²) in [6.07, 6.45) is 0. The fourth-order valence-electron chi connectivity index (χ4n) is 2.99. The summed E-state index contributed by atoms with van der Waals surface area (Å²) in [5.41, 5.74) is 0.570. The molecular formula is C14H18ClFN4O. The second-order valence-corrected chi connectivity index (χ2v) is 6.21. The molecule has 21 heavy (non-hydrogen) atoms. The van der Waals surface area contributed by atoms with Crippen LogP contribution in [0.25, 0.3) is 0 Å². The molecule has 0 radical (unpaired) electrons. The number of nitrogens with zero attached hydrogens (tertiary/aromatic N) is 4. The Morgan fingerprint density at radius 3 is 2.81 bits per heavy atom. The van der Waals surface area contributed by atoms with Crippen molar-refractivity contribution in [3.8, 4) is 0 Å². The van der Waals surface area contributed by atoms with Gasteiger partial charge in [-0.1, -0.05) is 11.6 Å². The molecule has 7 heteroatoms. The number of pyridine rings is 1. The molecule has 1 amide bonds. The van der Waals surface area contributed by atoms with Crippen molar-refractivity contribution >= 4 is 29.0 Å². The Bertz CT molecular complexity index is 595. The normalized spacial score (nSPS) is 22.6. The summed E-state index contributed by atoms with van der Waals surface area (Å²) in [4.78, 5) is 22.2. The average molecular weight is 313 g/mol. The molecule has 5 nitrogen and oxygen atoms in total. The number of anilines is 2. The summed E-state index contributed by atoms with van der Waals surface area (Å²) in [7, 11) is 1.68. The third-order valence-corrected chi connectivity index (χ3v) is 4.55. The van der Waals surface area contributed by atoms with Gasteiger partial charge in [-0.25, -0.2) is 0 Å². The van der Waals surface area contributed by atoms with Gasteiger partial charge in [-0.2, -0.15) is 9.37 Å². The lowest BCUT2D eigenvalue weighted by Crippen LogP contribution is -2.63. The molecule has 114 valence electrons. The van der Waals surface area contributed by atoms with E-state index in [2.05, 4.69) is 23.7 Å². The highest BCUT2D eigenvalue weighted by Crippen LogP contribution is 2.37. The van der Waals surface area contributed by atoms with E-state index in [9.17, 15) is 9.18 Å². The van der Waals surface area contributed by atoms with Crippen LogP contribution < -0.4 is 9.80 Å². The predicted octanol–water partition coefficient (Wildman–Crippen LogP) is 1.75. The van der Waals surface area contributed by atoms with Crippen molar-refractivity contribution < 1.29 is 9.18 Å². The quantitative estimate of drug-likeness (QED) is 0.741. The van der Waals surface area contributed by atoms with Crippen LogP contribution in [0.1, 0.15) is 13.8 Å². The first-order valence-corrected chi connectivity index (χ1v) is 7.42. The number of likely N-dealkylation sites (N-methyl/N-ethyl adjacent to an activating group) is 1. The second kappa shape index (κ2) is 5.10. The number of hydrogen-bond acceptors (Lipinski definition) is 4. The molecule has 3 rings (SSSR count). The molecule has 0 saturated carbocycles. The maximum atomic E-state index is 13.7. The molecule has 2 aliphatic heterocycles. The number of halogens is 2. The highest BCUT2D eigenvalue weighted by atomic mass is 35.5. The minimum atomic E-state index is -0.691. The van der Waals surface area contributed by atoms with E-state index in [0.717, 1.165) is 6.54 Å². The molecule has 0 spiro atoms. The Labute approximate surface area is 128 Å². The second-order valence-electron chi connectivity index (χ2n) is 5.80. The van der Waals surface area contributed by atoms with E-state index in [-0.39, 0.29) is 17.0 Å². The van der Waals surface area contributed by atoms with Gasteiger partial charge in [-0.05, 0) is 19.9 Å². The average Bonchev–Trinajstić information content (AvgIpc) is 2.46. The van der Waals surface area contributed by atoms with Gasteiger partial charge >= 0.3 is 0 Å². The third kappa shape index (κ3) is 2.26. The Balaban J connectivity index is 2.02. The topological polar surface area (TPSA) is 39.7 Å². The van der Waals surface area contributed by atoms with Gasteiger partial charge in [0, 0.05) is 32.7 Å². The van der Waals surface area contributed by atoms with E-state index in [1.807, 2.05) is 4.90 Å². The van der Waals surface area contributed by atoms with Gasteiger partial charge in [0.25, 0.3) is 5.91 Å². The van der Waals surface area contributed by atoms with Gasteiger partial charge in [0.05, 0.1) is 10.7 Å². The minimum absolute atomic E-state index is 0.00248. The highest BCUT2D eigenvalue weighted by molar-refractivity contribution is 6.31. The van der Waals surface area contributed by atoms with Crippen LogP contribution in [0.2, 0.25) is 5.02 Å². The van der Waals surface area contributed by atoms with Gasteiger partial charge in [0.1, 0.15) is 6.04 Å². The molecule has 0 aromatic carbocycles. The van der Waals surface area contributed by atoms with Crippen LogP contribution in [0.15, 0.2) is 6.07 Å². The van der Waals surface area contributed by atoms with Crippen LogP contribution in [-0.2, 0) is 4.79 Å². The van der Waals surface area contributed by atoms with Crippen molar-refractivity contribution in [1.29, 1.82) is 0 Å². The molecule has 2 aliphatic rings. The van der Waals surface area contributed by atoms with E-state index in [4.69, 9.17) is 11.6 Å². The first-order chi connectivity index (χ1) is 9.90. The van der Waals surface area contributed by atoms with Crippen LogP contribution in [0, 0.1) is 5.95 Å². The summed E-state index contributed by atoms with van der Waals surface area (Å²) in [6.45, 7) is 6.34.